The summed E-state index contributed by atoms with van der Waals surface area (Å²) >= 11 is 0. The van der Waals surface area contributed by atoms with Crippen molar-refractivity contribution in [2.75, 3.05) is 19.0 Å². The number of hydrogen-bond acceptors (Lipinski definition) is 4. The third-order valence-corrected chi connectivity index (χ3v) is 4.72. The highest BCUT2D eigenvalue weighted by Crippen LogP contribution is 2.35. The maximum absolute atomic E-state index is 12.8. The predicted octanol–water partition coefficient (Wildman–Crippen LogP) is 3.88. The van der Waals surface area contributed by atoms with Crippen LogP contribution in [-0.2, 0) is 9.53 Å². The lowest BCUT2D eigenvalue weighted by Gasteiger charge is -2.36. The summed E-state index contributed by atoms with van der Waals surface area (Å²) in [4.78, 5) is 12.8. The minimum atomic E-state index is -0.795. The van der Waals surface area contributed by atoms with Crippen LogP contribution in [0.2, 0.25) is 0 Å². The lowest BCUT2D eigenvalue weighted by molar-refractivity contribution is -0.142. The van der Waals surface area contributed by atoms with E-state index in [4.69, 9.17) is 9.47 Å². The summed E-state index contributed by atoms with van der Waals surface area (Å²) in [6.07, 6.45) is 4.24. The van der Waals surface area contributed by atoms with E-state index in [-0.39, 0.29) is 5.91 Å². The Bertz CT molecular complexity index is 614. The second-order valence-electron chi connectivity index (χ2n) is 6.50. The summed E-state index contributed by atoms with van der Waals surface area (Å²) in [5, 5.41) is 12.2. The molecule has 0 aliphatic heterocycles. The van der Waals surface area contributed by atoms with Crippen LogP contribution in [0.25, 0.3) is 0 Å². The maximum atomic E-state index is 12.8. The van der Waals surface area contributed by atoms with E-state index in [1.807, 2.05) is 6.92 Å². The van der Waals surface area contributed by atoms with E-state index < -0.39 is 5.60 Å². The van der Waals surface area contributed by atoms with Crippen LogP contribution >= 0.6 is 0 Å². The van der Waals surface area contributed by atoms with E-state index >= 15 is 0 Å². The van der Waals surface area contributed by atoms with Gasteiger partial charge in [-0.3, -0.25) is 4.79 Å². The maximum Gasteiger partial charge on any atom is 0.256 e. The lowest BCUT2D eigenvalue weighted by Crippen LogP contribution is -2.47. The molecule has 0 aromatic heterocycles. The second-order valence-corrected chi connectivity index (χ2v) is 6.50. The van der Waals surface area contributed by atoms with Crippen LogP contribution in [0.3, 0.4) is 0 Å². The standard InChI is InChI=1S/C19H26N2O3/c1-4-11-24-16-5-6-17(15(12-16)13-20)21-18(22)19(23-3)9-7-14(2)8-10-19/h5-6,12,14H,4,7-11H2,1-3H3,(H,21,22). The third-order valence-electron chi connectivity index (χ3n) is 4.72. The summed E-state index contributed by atoms with van der Waals surface area (Å²) in [7, 11) is 1.59. The van der Waals surface area contributed by atoms with Gasteiger partial charge < -0.3 is 14.8 Å². The largest absolute Gasteiger partial charge is 0.494 e. The Balaban J connectivity index is 2.14. The molecule has 0 heterocycles. The number of anilines is 1. The van der Waals surface area contributed by atoms with E-state index in [0.29, 0.717) is 42.4 Å². The number of amides is 1. The molecule has 1 amide bonds. The van der Waals surface area contributed by atoms with Crippen molar-refractivity contribution in [2.24, 2.45) is 5.92 Å². The Morgan fingerprint density at radius 1 is 1.42 bits per heavy atom. The van der Waals surface area contributed by atoms with E-state index in [2.05, 4.69) is 18.3 Å². The molecule has 5 heteroatoms. The first kappa shape index (κ1) is 18.3. The Kier molecular flexibility index (Phi) is 6.22. The van der Waals surface area contributed by atoms with Crippen molar-refractivity contribution in [1.82, 2.24) is 0 Å². The van der Waals surface area contributed by atoms with Crippen LogP contribution in [0.4, 0.5) is 5.69 Å². The molecule has 0 bridgehead atoms. The van der Waals surface area contributed by atoms with Crippen molar-refractivity contribution in [3.63, 3.8) is 0 Å². The quantitative estimate of drug-likeness (QED) is 0.859. The molecule has 24 heavy (non-hydrogen) atoms. The van der Waals surface area contributed by atoms with Crippen molar-refractivity contribution in [1.29, 1.82) is 5.26 Å². The molecule has 0 atom stereocenters. The minimum absolute atomic E-state index is 0.171. The molecule has 0 unspecified atom stereocenters. The van der Waals surface area contributed by atoms with Crippen LogP contribution in [0.1, 0.15) is 51.5 Å². The number of benzene rings is 1. The van der Waals surface area contributed by atoms with Gasteiger partial charge in [0.15, 0.2) is 0 Å². The van der Waals surface area contributed by atoms with Crippen molar-refractivity contribution >= 4 is 11.6 Å². The smallest absolute Gasteiger partial charge is 0.256 e. The minimum Gasteiger partial charge on any atom is -0.494 e. The van der Waals surface area contributed by atoms with Gasteiger partial charge in [-0.15, -0.1) is 0 Å². The first-order chi connectivity index (χ1) is 11.5. The van der Waals surface area contributed by atoms with Crippen LogP contribution in [0.5, 0.6) is 5.75 Å². The fourth-order valence-electron chi connectivity index (χ4n) is 3.02. The van der Waals surface area contributed by atoms with Gasteiger partial charge in [-0.2, -0.15) is 5.26 Å². The normalized spacial score (nSPS) is 23.3. The molecule has 1 N–H and O–H groups in total. The monoisotopic (exact) mass is 330 g/mol. The number of hydrogen-bond donors (Lipinski definition) is 1. The van der Waals surface area contributed by atoms with Gasteiger partial charge in [0, 0.05) is 7.11 Å². The highest BCUT2D eigenvalue weighted by molar-refractivity contribution is 5.98. The van der Waals surface area contributed by atoms with Gasteiger partial charge in [0.05, 0.1) is 17.9 Å². The molecule has 1 aliphatic rings. The summed E-state index contributed by atoms with van der Waals surface area (Å²) in [5.41, 5.74) is 0.102. The highest BCUT2D eigenvalue weighted by Gasteiger charge is 2.41. The van der Waals surface area contributed by atoms with Crippen molar-refractivity contribution in [3.05, 3.63) is 23.8 Å². The topological polar surface area (TPSA) is 71.3 Å². The van der Waals surface area contributed by atoms with Gasteiger partial charge in [0.25, 0.3) is 5.91 Å². The van der Waals surface area contributed by atoms with Crippen LogP contribution in [0, 0.1) is 17.2 Å². The van der Waals surface area contributed by atoms with Crippen molar-refractivity contribution in [3.8, 4) is 11.8 Å². The Hall–Kier alpha value is -2.06. The summed E-state index contributed by atoms with van der Waals surface area (Å²) in [6, 6.07) is 7.27. The molecule has 1 aromatic carbocycles. The third kappa shape index (κ3) is 4.07. The number of ether oxygens (including phenoxy) is 2. The first-order valence-corrected chi connectivity index (χ1v) is 8.58. The fourth-order valence-corrected chi connectivity index (χ4v) is 3.02. The molecule has 1 saturated carbocycles. The van der Waals surface area contributed by atoms with E-state index in [1.165, 1.54) is 0 Å². The lowest BCUT2D eigenvalue weighted by atomic mass is 9.79. The zero-order valence-corrected chi connectivity index (χ0v) is 14.7. The predicted molar refractivity (Wildman–Crippen MR) is 92.9 cm³/mol. The van der Waals surface area contributed by atoms with E-state index in [9.17, 15) is 10.1 Å². The summed E-state index contributed by atoms with van der Waals surface area (Å²) in [6.45, 7) is 4.82. The van der Waals surface area contributed by atoms with Gasteiger partial charge in [-0.05, 0) is 56.2 Å². The van der Waals surface area contributed by atoms with Crippen molar-refractivity contribution in [2.45, 2.75) is 51.6 Å². The molecule has 2 rings (SSSR count). The first-order valence-electron chi connectivity index (χ1n) is 8.58. The molecular weight excluding hydrogens is 304 g/mol. The summed E-state index contributed by atoms with van der Waals surface area (Å²) in [5.74, 6) is 1.08. The number of carbonyl (C=O) groups is 1. The average Bonchev–Trinajstić information content (AvgIpc) is 2.61. The molecule has 5 nitrogen and oxygen atoms in total. The number of rotatable bonds is 6. The van der Waals surface area contributed by atoms with Crippen LogP contribution in [0.15, 0.2) is 18.2 Å². The zero-order chi connectivity index (χ0) is 17.6. The van der Waals surface area contributed by atoms with Gasteiger partial charge >= 0.3 is 0 Å². The van der Waals surface area contributed by atoms with E-state index in [0.717, 1.165) is 19.3 Å². The molecule has 1 aromatic rings. The molecular formula is C19H26N2O3. The fraction of sp³-hybridized carbons (Fsp3) is 0.579. The van der Waals surface area contributed by atoms with Crippen molar-refractivity contribution < 1.29 is 14.3 Å². The highest BCUT2D eigenvalue weighted by atomic mass is 16.5. The number of methoxy groups -OCH3 is 1. The molecule has 0 saturated heterocycles. The van der Waals surface area contributed by atoms with Gasteiger partial charge in [0.2, 0.25) is 0 Å². The van der Waals surface area contributed by atoms with E-state index in [1.54, 1.807) is 25.3 Å². The Labute approximate surface area is 144 Å². The van der Waals surface area contributed by atoms with Gasteiger partial charge in [0.1, 0.15) is 17.4 Å². The number of nitrogens with one attached hydrogen (secondary N) is 1. The zero-order valence-electron chi connectivity index (χ0n) is 14.7. The molecule has 0 radical (unpaired) electrons. The molecule has 130 valence electrons. The SMILES string of the molecule is CCCOc1ccc(NC(=O)C2(OC)CCC(C)CC2)c(C#N)c1. The van der Waals surface area contributed by atoms with Gasteiger partial charge in [-0.25, -0.2) is 0 Å². The van der Waals surface area contributed by atoms with Crippen LogP contribution in [-0.4, -0.2) is 25.2 Å². The Morgan fingerprint density at radius 3 is 2.71 bits per heavy atom. The second kappa shape index (κ2) is 8.16. The number of nitriles is 1. The van der Waals surface area contributed by atoms with Gasteiger partial charge in [-0.1, -0.05) is 13.8 Å². The van der Waals surface area contributed by atoms with Crippen LogP contribution < -0.4 is 10.1 Å². The molecule has 1 aliphatic carbocycles. The summed E-state index contributed by atoms with van der Waals surface area (Å²) < 4.78 is 11.1. The number of carbonyl (C=O) groups excluding carboxylic acids is 1. The molecule has 1 fully saturated rings. The number of nitrogens with zero attached hydrogens (tertiary/aromatic N) is 1. The molecule has 0 spiro atoms. The average molecular weight is 330 g/mol. The Morgan fingerprint density at radius 2 is 2.12 bits per heavy atom.